The first-order valence-electron chi connectivity index (χ1n) is 6.72. The monoisotopic (exact) mass is 293 g/mol. The molecule has 1 aromatic rings. The minimum absolute atomic E-state index is 0.176. The van der Waals surface area contributed by atoms with E-state index >= 15 is 0 Å². The Balaban J connectivity index is 3.27. The Bertz CT molecular complexity index is 695. The third kappa shape index (κ3) is 3.62. The zero-order valence-electron chi connectivity index (χ0n) is 12.4. The predicted molar refractivity (Wildman–Crippen MR) is 81.2 cm³/mol. The molecule has 110 valence electrons. The molecule has 1 N–H and O–H groups in total. The van der Waals surface area contributed by atoms with Crippen LogP contribution in [-0.4, -0.2) is 23.9 Å². The van der Waals surface area contributed by atoms with Crippen LogP contribution in [0.1, 0.15) is 24.2 Å². The summed E-state index contributed by atoms with van der Waals surface area (Å²) >= 11 is 0. The molecule has 0 atom stereocenters. The van der Waals surface area contributed by atoms with E-state index in [-0.39, 0.29) is 17.2 Å². The Morgan fingerprint density at radius 3 is 2.18 bits per heavy atom. The molecule has 0 aliphatic carbocycles. The third-order valence-corrected chi connectivity index (χ3v) is 3.05. The number of amides is 1. The van der Waals surface area contributed by atoms with E-state index in [1.165, 1.54) is 0 Å². The molecule has 0 heterocycles. The van der Waals surface area contributed by atoms with Crippen LogP contribution < -0.4 is 5.32 Å². The van der Waals surface area contributed by atoms with Gasteiger partial charge in [0.1, 0.15) is 23.9 Å². The molecular formula is C16H15N5O. The molecule has 6 nitrogen and oxygen atoms in total. The lowest BCUT2D eigenvalue weighted by atomic mass is 10.1. The number of nitrogens with one attached hydrogen (secondary N) is 1. The van der Waals surface area contributed by atoms with Crippen LogP contribution in [0.2, 0.25) is 0 Å². The maximum atomic E-state index is 12.5. The number of nitrogens with zero attached hydrogens (tertiary/aromatic N) is 4. The Hall–Kier alpha value is -3.30. The Morgan fingerprint density at radius 1 is 1.09 bits per heavy atom. The normalized spacial score (nSPS) is 8.86. The molecule has 1 aromatic carbocycles. The highest BCUT2D eigenvalue weighted by Gasteiger charge is 2.17. The van der Waals surface area contributed by atoms with Crippen LogP contribution in [0.5, 0.6) is 0 Å². The maximum absolute atomic E-state index is 12.5. The van der Waals surface area contributed by atoms with Gasteiger partial charge < -0.3 is 10.2 Å². The molecule has 0 aromatic heterocycles. The third-order valence-electron chi connectivity index (χ3n) is 3.05. The number of hydrogen-bond acceptors (Lipinski definition) is 5. The van der Waals surface area contributed by atoms with Gasteiger partial charge in [0.25, 0.3) is 5.91 Å². The molecule has 0 saturated heterocycles. The molecule has 0 unspecified atom stereocenters. The topological polar surface area (TPSA) is 104 Å². The summed E-state index contributed by atoms with van der Waals surface area (Å²) in [6.45, 7) is 4.88. The second-order valence-electron chi connectivity index (χ2n) is 4.23. The summed E-state index contributed by atoms with van der Waals surface area (Å²) in [5.74, 6) is -0.180. The SMILES string of the molecule is CCN(CC)C(=O)c1ccccc1NC(C#N)=C(C#N)C#N. The van der Waals surface area contributed by atoms with Gasteiger partial charge >= 0.3 is 0 Å². The number of nitriles is 3. The molecule has 1 rings (SSSR count). The van der Waals surface area contributed by atoms with Gasteiger partial charge in [0.15, 0.2) is 5.57 Å². The standard InChI is InChI=1S/C16H15N5O/c1-3-21(4-2)16(22)13-7-5-6-8-14(13)20-15(11-19)12(9-17)10-18/h5-8,20H,3-4H2,1-2H3. The van der Waals surface area contributed by atoms with Crippen molar-refractivity contribution in [3.63, 3.8) is 0 Å². The molecule has 22 heavy (non-hydrogen) atoms. The average molecular weight is 293 g/mol. The van der Waals surface area contributed by atoms with Gasteiger partial charge in [-0.3, -0.25) is 4.79 Å². The Kier molecular flexibility index (Phi) is 6.16. The summed E-state index contributed by atoms with van der Waals surface area (Å²) in [6, 6.07) is 11.8. The van der Waals surface area contributed by atoms with E-state index in [2.05, 4.69) is 5.32 Å². The van der Waals surface area contributed by atoms with E-state index in [1.54, 1.807) is 47.4 Å². The van der Waals surface area contributed by atoms with E-state index in [0.717, 1.165) is 0 Å². The number of hydrogen-bond donors (Lipinski definition) is 1. The summed E-state index contributed by atoms with van der Waals surface area (Å²) in [6.07, 6.45) is 0. The van der Waals surface area contributed by atoms with E-state index < -0.39 is 0 Å². The van der Waals surface area contributed by atoms with E-state index in [4.69, 9.17) is 15.8 Å². The van der Waals surface area contributed by atoms with Gasteiger partial charge in [-0.15, -0.1) is 0 Å². The number of carbonyl (C=O) groups excluding carboxylic acids is 1. The number of para-hydroxylation sites is 1. The summed E-state index contributed by atoms with van der Waals surface area (Å²) in [5.41, 5.74) is 0.269. The van der Waals surface area contributed by atoms with Crippen LogP contribution in [0.25, 0.3) is 0 Å². The number of anilines is 1. The first kappa shape index (κ1) is 16.8. The molecule has 0 saturated carbocycles. The van der Waals surface area contributed by atoms with Crippen molar-refractivity contribution in [2.45, 2.75) is 13.8 Å². The first-order chi connectivity index (χ1) is 10.6. The number of allylic oxidation sites excluding steroid dienone is 2. The quantitative estimate of drug-likeness (QED) is 0.839. The van der Waals surface area contributed by atoms with Gasteiger partial charge in [0, 0.05) is 13.1 Å². The molecular weight excluding hydrogens is 278 g/mol. The first-order valence-corrected chi connectivity index (χ1v) is 6.72. The van der Waals surface area contributed by atoms with Crippen LogP contribution in [0.3, 0.4) is 0 Å². The van der Waals surface area contributed by atoms with Gasteiger partial charge in [0.05, 0.1) is 11.3 Å². The van der Waals surface area contributed by atoms with Crippen molar-refractivity contribution in [3.05, 3.63) is 41.1 Å². The van der Waals surface area contributed by atoms with Crippen molar-refractivity contribution in [2.75, 3.05) is 18.4 Å². The van der Waals surface area contributed by atoms with Gasteiger partial charge in [-0.25, -0.2) is 0 Å². The lowest BCUT2D eigenvalue weighted by Crippen LogP contribution is -2.31. The van der Waals surface area contributed by atoms with Gasteiger partial charge in [-0.1, -0.05) is 12.1 Å². The molecule has 1 amide bonds. The lowest BCUT2D eigenvalue weighted by Gasteiger charge is -2.20. The lowest BCUT2D eigenvalue weighted by molar-refractivity contribution is 0.0774. The summed E-state index contributed by atoms with van der Waals surface area (Å²) in [5, 5.41) is 29.5. The minimum Gasteiger partial charge on any atom is -0.344 e. The van der Waals surface area contributed by atoms with Gasteiger partial charge in [-0.05, 0) is 26.0 Å². The molecule has 6 heteroatoms. The van der Waals surface area contributed by atoms with Crippen molar-refractivity contribution < 1.29 is 4.79 Å². The molecule has 0 aliphatic rings. The number of rotatable bonds is 5. The molecule has 0 bridgehead atoms. The van der Waals surface area contributed by atoms with Crippen LogP contribution >= 0.6 is 0 Å². The minimum atomic E-state index is -0.326. The Labute approximate surface area is 129 Å². The smallest absolute Gasteiger partial charge is 0.255 e. The predicted octanol–water partition coefficient (Wildman–Crippen LogP) is 2.41. The van der Waals surface area contributed by atoms with Crippen molar-refractivity contribution >= 4 is 11.6 Å². The Morgan fingerprint density at radius 2 is 1.68 bits per heavy atom. The second kappa shape index (κ2) is 8.09. The van der Waals surface area contributed by atoms with Crippen molar-refractivity contribution in [3.8, 4) is 18.2 Å². The summed E-state index contributed by atoms with van der Waals surface area (Å²) in [4.78, 5) is 14.1. The zero-order valence-corrected chi connectivity index (χ0v) is 12.4. The second-order valence-corrected chi connectivity index (χ2v) is 4.23. The van der Waals surface area contributed by atoms with Crippen LogP contribution in [0, 0.1) is 34.0 Å². The van der Waals surface area contributed by atoms with Crippen molar-refractivity contribution in [2.24, 2.45) is 0 Å². The summed E-state index contributed by atoms with van der Waals surface area (Å²) in [7, 11) is 0. The maximum Gasteiger partial charge on any atom is 0.255 e. The average Bonchev–Trinajstić information content (AvgIpc) is 2.56. The summed E-state index contributed by atoms with van der Waals surface area (Å²) < 4.78 is 0. The highest BCUT2D eigenvalue weighted by atomic mass is 16.2. The number of carbonyl (C=O) groups is 1. The van der Waals surface area contributed by atoms with Gasteiger partial charge in [-0.2, -0.15) is 15.8 Å². The zero-order chi connectivity index (χ0) is 16.5. The largest absolute Gasteiger partial charge is 0.344 e. The fraction of sp³-hybridized carbons (Fsp3) is 0.250. The molecule has 0 aliphatic heterocycles. The fourth-order valence-corrected chi connectivity index (χ4v) is 1.88. The van der Waals surface area contributed by atoms with Crippen LogP contribution in [0.4, 0.5) is 5.69 Å². The highest BCUT2D eigenvalue weighted by molar-refractivity contribution is 6.00. The molecule has 0 spiro atoms. The van der Waals surface area contributed by atoms with E-state index in [0.29, 0.717) is 24.3 Å². The fourth-order valence-electron chi connectivity index (χ4n) is 1.88. The van der Waals surface area contributed by atoms with Crippen LogP contribution in [-0.2, 0) is 0 Å². The van der Waals surface area contributed by atoms with Crippen molar-refractivity contribution in [1.29, 1.82) is 15.8 Å². The molecule has 0 radical (unpaired) electrons. The van der Waals surface area contributed by atoms with Crippen molar-refractivity contribution in [1.82, 2.24) is 4.90 Å². The number of benzene rings is 1. The van der Waals surface area contributed by atoms with E-state index in [1.807, 2.05) is 13.8 Å². The highest BCUT2D eigenvalue weighted by Crippen LogP contribution is 2.20. The van der Waals surface area contributed by atoms with Gasteiger partial charge in [0.2, 0.25) is 0 Å². The molecule has 0 fully saturated rings. The van der Waals surface area contributed by atoms with E-state index in [9.17, 15) is 4.79 Å². The van der Waals surface area contributed by atoms with Crippen LogP contribution in [0.15, 0.2) is 35.5 Å².